The predicted molar refractivity (Wildman–Crippen MR) is 124 cm³/mol. The van der Waals surface area contributed by atoms with E-state index in [0.717, 1.165) is 17.1 Å². The van der Waals surface area contributed by atoms with Crippen molar-refractivity contribution in [1.29, 1.82) is 0 Å². The molecule has 0 radical (unpaired) electrons. The van der Waals surface area contributed by atoms with Gasteiger partial charge in [-0.2, -0.15) is 8.42 Å². The summed E-state index contributed by atoms with van der Waals surface area (Å²) in [6.45, 7) is 2.99. The van der Waals surface area contributed by atoms with Crippen LogP contribution >= 0.6 is 0 Å². The van der Waals surface area contributed by atoms with Gasteiger partial charge in [0.25, 0.3) is 0 Å². The molecule has 0 aromatic carbocycles. The van der Waals surface area contributed by atoms with E-state index in [-0.39, 0.29) is 26.6 Å². The van der Waals surface area contributed by atoms with Gasteiger partial charge in [-0.25, -0.2) is 8.86 Å². The Kier molecular flexibility index (Phi) is 11.1. The molecule has 7 N–H and O–H groups in total. The first kappa shape index (κ1) is 28.0. The molecule has 3 heterocycles. The summed E-state index contributed by atoms with van der Waals surface area (Å²) < 4.78 is 40.9. The molecule has 0 unspecified atom stereocenters. The standard InChI is InChI=1S/C18H34N10O7S/c29-5-3-26-12-16(19-22-26)9-25(10-17-13-27(4-6-30)23-20-17)11-18-14-28(24-21-18)15-34-7-1-2-8-35-36(31,32)33/h12-14,19,21-22,24,29-30H,1-11,15H2,(H,31,32,33). The monoisotopic (exact) mass is 534 g/mol. The highest BCUT2D eigenvalue weighted by molar-refractivity contribution is 7.80. The molecule has 18 heteroatoms. The fourth-order valence-corrected chi connectivity index (χ4v) is 3.71. The number of hydrogen-bond acceptors (Lipinski definition) is 15. The molecule has 0 saturated carbocycles. The molecule has 0 amide bonds. The molecule has 36 heavy (non-hydrogen) atoms. The lowest BCUT2D eigenvalue weighted by molar-refractivity contribution is 0.0270. The number of rotatable bonds is 18. The number of ether oxygens (including phenoxy) is 1. The van der Waals surface area contributed by atoms with Gasteiger partial charge in [-0.15, -0.1) is 16.2 Å². The molecular weight excluding hydrogens is 500 g/mol. The fourth-order valence-electron chi connectivity index (χ4n) is 3.39. The largest absolute Gasteiger partial charge is 0.397 e. The zero-order chi connectivity index (χ0) is 25.8. The van der Waals surface area contributed by atoms with Gasteiger partial charge in [0.2, 0.25) is 0 Å². The van der Waals surface area contributed by atoms with Crippen LogP contribution in [-0.4, -0.2) is 106 Å². The maximum Gasteiger partial charge on any atom is 0.397 e. The minimum atomic E-state index is -4.40. The number of unbranched alkanes of at least 4 members (excludes halogenated alkanes) is 1. The smallest absolute Gasteiger partial charge is 0.394 e. The van der Waals surface area contributed by atoms with Crippen molar-refractivity contribution in [2.45, 2.75) is 25.9 Å². The maximum atomic E-state index is 10.5. The van der Waals surface area contributed by atoms with Gasteiger partial charge in [-0.3, -0.25) is 19.5 Å². The zero-order valence-corrected chi connectivity index (χ0v) is 20.6. The number of aliphatic hydroxyl groups excluding tert-OH is 2. The van der Waals surface area contributed by atoms with Gasteiger partial charge in [0.05, 0.1) is 50.0 Å². The van der Waals surface area contributed by atoms with Crippen LogP contribution < -0.4 is 21.9 Å². The SMILES string of the molecule is O=S(=O)(O)OCCCCOCN1C=C(CN(CC2=CN(CCO)NN2)Cc2cn(CCO)nn2)NN1. The van der Waals surface area contributed by atoms with Crippen molar-refractivity contribution in [2.24, 2.45) is 0 Å². The molecule has 0 atom stereocenters. The van der Waals surface area contributed by atoms with Crippen molar-refractivity contribution < 1.29 is 32.1 Å². The van der Waals surface area contributed by atoms with Crippen molar-refractivity contribution in [3.8, 4) is 0 Å². The normalized spacial score (nSPS) is 15.9. The second-order valence-electron chi connectivity index (χ2n) is 8.00. The van der Waals surface area contributed by atoms with Gasteiger partial charge >= 0.3 is 10.4 Å². The van der Waals surface area contributed by atoms with Crippen LogP contribution in [0.2, 0.25) is 0 Å². The van der Waals surface area contributed by atoms with E-state index in [1.54, 1.807) is 20.9 Å². The maximum absolute atomic E-state index is 10.5. The molecule has 1 aromatic rings. The Hall–Kier alpha value is -2.55. The van der Waals surface area contributed by atoms with E-state index in [2.05, 4.69) is 41.3 Å². The number of hydrogen-bond donors (Lipinski definition) is 7. The summed E-state index contributed by atoms with van der Waals surface area (Å²) in [4.78, 5) is 2.14. The molecule has 0 spiro atoms. The number of aromatic nitrogens is 3. The van der Waals surface area contributed by atoms with Crippen LogP contribution in [0.25, 0.3) is 0 Å². The first-order valence-electron chi connectivity index (χ1n) is 11.4. The highest BCUT2D eigenvalue weighted by Crippen LogP contribution is 2.11. The molecule has 0 aliphatic carbocycles. The molecule has 3 rings (SSSR count). The zero-order valence-electron chi connectivity index (χ0n) is 19.8. The molecule has 17 nitrogen and oxygen atoms in total. The van der Waals surface area contributed by atoms with E-state index in [4.69, 9.17) is 19.5 Å². The second-order valence-corrected chi connectivity index (χ2v) is 9.10. The Morgan fingerprint density at radius 3 is 2.31 bits per heavy atom. The van der Waals surface area contributed by atoms with E-state index in [1.165, 1.54) is 0 Å². The quantitative estimate of drug-likeness (QED) is 0.0739. The number of nitrogens with zero attached hydrogens (tertiary/aromatic N) is 6. The van der Waals surface area contributed by atoms with Crippen LogP contribution in [0.3, 0.4) is 0 Å². The predicted octanol–water partition coefficient (Wildman–Crippen LogP) is -3.03. The second kappa shape index (κ2) is 14.3. The Morgan fingerprint density at radius 1 is 0.944 bits per heavy atom. The van der Waals surface area contributed by atoms with Crippen LogP contribution in [0, 0.1) is 0 Å². The molecule has 2 aliphatic rings. The lowest BCUT2D eigenvalue weighted by atomic mass is 10.3. The summed E-state index contributed by atoms with van der Waals surface area (Å²) in [5.41, 5.74) is 14.7. The van der Waals surface area contributed by atoms with Crippen molar-refractivity contribution in [3.63, 3.8) is 0 Å². The van der Waals surface area contributed by atoms with Crippen molar-refractivity contribution >= 4 is 10.4 Å². The van der Waals surface area contributed by atoms with E-state index in [0.29, 0.717) is 52.2 Å². The third-order valence-electron chi connectivity index (χ3n) is 4.92. The van der Waals surface area contributed by atoms with E-state index >= 15 is 0 Å². The van der Waals surface area contributed by atoms with Crippen LogP contribution in [0.1, 0.15) is 18.5 Å². The summed E-state index contributed by atoms with van der Waals surface area (Å²) in [5, 5.41) is 30.0. The van der Waals surface area contributed by atoms with Crippen LogP contribution in [0.15, 0.2) is 30.0 Å². The van der Waals surface area contributed by atoms with Crippen LogP contribution in [0.4, 0.5) is 0 Å². The number of nitrogens with one attached hydrogen (secondary N) is 4. The van der Waals surface area contributed by atoms with Crippen LogP contribution in [-0.2, 0) is 32.4 Å². The Morgan fingerprint density at radius 2 is 1.61 bits per heavy atom. The lowest BCUT2D eigenvalue weighted by Crippen LogP contribution is -2.41. The van der Waals surface area contributed by atoms with Crippen molar-refractivity contribution in [1.82, 2.24) is 51.8 Å². The molecule has 1 aromatic heterocycles. The molecular formula is C18H34N10O7S. The highest BCUT2D eigenvalue weighted by Gasteiger charge is 2.20. The van der Waals surface area contributed by atoms with Crippen LogP contribution in [0.5, 0.6) is 0 Å². The minimum Gasteiger partial charge on any atom is -0.394 e. The number of β-amino-alcohol motifs (C(OH)–C–C–N with tert-alkyl or cyclic N) is 1. The Balaban J connectivity index is 1.48. The van der Waals surface area contributed by atoms with E-state index in [1.807, 2.05) is 12.4 Å². The lowest BCUT2D eigenvalue weighted by Gasteiger charge is -2.21. The summed E-state index contributed by atoms with van der Waals surface area (Å²) in [7, 11) is -4.40. The molecule has 0 saturated heterocycles. The summed E-state index contributed by atoms with van der Waals surface area (Å²) in [5.74, 6) is 0. The number of hydrazine groups is 4. The van der Waals surface area contributed by atoms with E-state index < -0.39 is 10.4 Å². The molecule has 0 fully saturated rings. The van der Waals surface area contributed by atoms with Gasteiger partial charge in [0.15, 0.2) is 0 Å². The Labute approximate surface area is 209 Å². The van der Waals surface area contributed by atoms with Gasteiger partial charge in [0.1, 0.15) is 6.73 Å². The van der Waals surface area contributed by atoms with Gasteiger partial charge < -0.3 is 25.8 Å². The average molecular weight is 535 g/mol. The highest BCUT2D eigenvalue weighted by atomic mass is 32.3. The van der Waals surface area contributed by atoms with E-state index in [9.17, 15) is 8.42 Å². The van der Waals surface area contributed by atoms with Gasteiger partial charge in [0, 0.05) is 44.8 Å². The molecule has 2 aliphatic heterocycles. The van der Waals surface area contributed by atoms with Gasteiger partial charge in [-0.1, -0.05) is 5.21 Å². The third kappa shape index (κ3) is 10.2. The third-order valence-corrected chi connectivity index (χ3v) is 5.38. The first-order valence-corrected chi connectivity index (χ1v) is 12.7. The van der Waals surface area contributed by atoms with Crippen molar-refractivity contribution in [3.05, 3.63) is 35.7 Å². The first-order chi connectivity index (χ1) is 17.3. The summed E-state index contributed by atoms with van der Waals surface area (Å²) in [6.07, 6.45) is 6.57. The molecule has 0 bridgehead atoms. The minimum absolute atomic E-state index is 0.0194. The Bertz CT molecular complexity index is 973. The summed E-state index contributed by atoms with van der Waals surface area (Å²) >= 11 is 0. The summed E-state index contributed by atoms with van der Waals surface area (Å²) in [6, 6.07) is 0. The number of aliphatic hydroxyl groups is 2. The average Bonchev–Trinajstić information content (AvgIpc) is 3.55. The molecule has 204 valence electrons. The topological polar surface area (TPSA) is 202 Å². The van der Waals surface area contributed by atoms with Gasteiger partial charge in [-0.05, 0) is 12.8 Å². The van der Waals surface area contributed by atoms with Crippen molar-refractivity contribution in [2.75, 3.05) is 52.8 Å². The fraction of sp³-hybridized carbons (Fsp3) is 0.667.